The molecule has 4 heteroatoms. The lowest BCUT2D eigenvalue weighted by Crippen LogP contribution is -2.32. The van der Waals surface area contributed by atoms with Crippen LogP contribution in [0, 0.1) is 0 Å². The molecule has 2 atom stereocenters. The van der Waals surface area contributed by atoms with Crippen molar-refractivity contribution in [2.45, 2.75) is 90.3 Å². The standard InChI is InChI=1S/C21H32O4/c1-20(2,3)16-9-13(10-17(19(16)24)21(4,5)6)7-8-15-11-14(22)12-18(23)25-15/h9-10,14-15,22,24H,7-8,11-12H2,1-6H3/t14-,15-/m1/s1. The number of esters is 1. The van der Waals surface area contributed by atoms with Crippen LogP contribution in [-0.4, -0.2) is 28.4 Å². The third-order valence-corrected chi connectivity index (χ3v) is 4.78. The third kappa shape index (κ3) is 4.97. The van der Waals surface area contributed by atoms with Gasteiger partial charge in [0.25, 0.3) is 0 Å². The Balaban J connectivity index is 2.27. The Kier molecular flexibility index (Phi) is 5.53. The van der Waals surface area contributed by atoms with E-state index in [9.17, 15) is 15.0 Å². The van der Waals surface area contributed by atoms with Gasteiger partial charge in [-0.15, -0.1) is 0 Å². The largest absolute Gasteiger partial charge is 0.507 e. The van der Waals surface area contributed by atoms with Gasteiger partial charge in [0.2, 0.25) is 0 Å². The summed E-state index contributed by atoms with van der Waals surface area (Å²) in [6.07, 6.45) is 1.19. The molecular weight excluding hydrogens is 316 g/mol. The highest BCUT2D eigenvalue weighted by Crippen LogP contribution is 2.40. The molecule has 2 rings (SSSR count). The van der Waals surface area contributed by atoms with E-state index in [0.717, 1.165) is 23.1 Å². The number of aliphatic hydroxyl groups is 1. The zero-order chi connectivity index (χ0) is 19.0. The number of hydrogen-bond acceptors (Lipinski definition) is 4. The SMILES string of the molecule is CC(C)(C)c1cc(CC[C@@H]2C[C@@H](O)CC(=O)O2)cc(C(C)(C)C)c1O. The number of hydrogen-bond donors (Lipinski definition) is 2. The van der Waals surface area contributed by atoms with Crippen LogP contribution >= 0.6 is 0 Å². The minimum atomic E-state index is -0.596. The van der Waals surface area contributed by atoms with Gasteiger partial charge in [-0.2, -0.15) is 0 Å². The van der Waals surface area contributed by atoms with Gasteiger partial charge in [0.05, 0.1) is 12.5 Å². The van der Waals surface area contributed by atoms with Gasteiger partial charge in [0.15, 0.2) is 0 Å². The predicted molar refractivity (Wildman–Crippen MR) is 98.9 cm³/mol. The molecule has 1 aliphatic heterocycles. The van der Waals surface area contributed by atoms with Gasteiger partial charge in [-0.3, -0.25) is 4.79 Å². The van der Waals surface area contributed by atoms with Crippen molar-refractivity contribution in [3.8, 4) is 5.75 Å². The highest BCUT2D eigenvalue weighted by molar-refractivity contribution is 5.70. The molecule has 0 unspecified atom stereocenters. The second kappa shape index (κ2) is 6.99. The van der Waals surface area contributed by atoms with Crippen molar-refractivity contribution >= 4 is 5.97 Å². The van der Waals surface area contributed by atoms with Crippen LogP contribution in [0.1, 0.15) is 77.5 Å². The summed E-state index contributed by atoms with van der Waals surface area (Å²) >= 11 is 0. The molecule has 0 spiro atoms. The van der Waals surface area contributed by atoms with Crippen molar-refractivity contribution < 1.29 is 19.7 Å². The first kappa shape index (κ1) is 19.8. The zero-order valence-electron chi connectivity index (χ0n) is 16.3. The van der Waals surface area contributed by atoms with Crippen LogP contribution in [0.25, 0.3) is 0 Å². The molecule has 1 heterocycles. The number of aromatic hydroxyl groups is 1. The molecule has 1 aliphatic rings. The van der Waals surface area contributed by atoms with Crippen molar-refractivity contribution in [3.63, 3.8) is 0 Å². The van der Waals surface area contributed by atoms with Crippen LogP contribution in [0.3, 0.4) is 0 Å². The first-order chi connectivity index (χ1) is 11.4. The number of ether oxygens (including phenoxy) is 1. The first-order valence-electron chi connectivity index (χ1n) is 9.12. The number of aryl methyl sites for hydroxylation is 1. The van der Waals surface area contributed by atoms with Crippen LogP contribution in [-0.2, 0) is 26.8 Å². The van der Waals surface area contributed by atoms with Gasteiger partial charge < -0.3 is 14.9 Å². The molecule has 1 aromatic carbocycles. The average molecular weight is 348 g/mol. The van der Waals surface area contributed by atoms with Crippen molar-refractivity contribution in [1.29, 1.82) is 0 Å². The summed E-state index contributed by atoms with van der Waals surface area (Å²) in [5.41, 5.74) is 2.69. The Labute approximate surface area is 151 Å². The molecule has 0 bridgehead atoms. The number of phenolic OH excluding ortho intramolecular Hbond substituents is 1. The van der Waals surface area contributed by atoms with Crippen LogP contribution in [0.2, 0.25) is 0 Å². The maximum absolute atomic E-state index is 11.5. The minimum absolute atomic E-state index is 0.0953. The highest BCUT2D eigenvalue weighted by Gasteiger charge is 2.29. The van der Waals surface area contributed by atoms with Gasteiger partial charge in [0.1, 0.15) is 11.9 Å². The van der Waals surface area contributed by atoms with E-state index in [2.05, 4.69) is 53.7 Å². The molecule has 0 radical (unpaired) electrons. The lowest BCUT2D eigenvalue weighted by molar-refractivity contribution is -0.160. The van der Waals surface area contributed by atoms with Gasteiger partial charge in [0, 0.05) is 6.42 Å². The molecule has 0 saturated carbocycles. The number of benzene rings is 1. The maximum Gasteiger partial charge on any atom is 0.308 e. The van der Waals surface area contributed by atoms with E-state index in [1.54, 1.807) is 0 Å². The Morgan fingerprint density at radius 3 is 2.04 bits per heavy atom. The number of carbonyl (C=O) groups is 1. The van der Waals surface area contributed by atoms with Crippen LogP contribution in [0.5, 0.6) is 5.75 Å². The zero-order valence-corrected chi connectivity index (χ0v) is 16.3. The molecule has 1 saturated heterocycles. The normalized spacial score (nSPS) is 22.0. The van der Waals surface area contributed by atoms with E-state index in [4.69, 9.17) is 4.74 Å². The summed E-state index contributed by atoms with van der Waals surface area (Å²) in [4.78, 5) is 11.5. The van der Waals surface area contributed by atoms with Gasteiger partial charge >= 0.3 is 5.97 Å². The summed E-state index contributed by atoms with van der Waals surface area (Å²) in [6.45, 7) is 12.6. The smallest absolute Gasteiger partial charge is 0.308 e. The molecule has 0 aliphatic carbocycles. The molecule has 1 fully saturated rings. The Morgan fingerprint density at radius 2 is 1.60 bits per heavy atom. The fourth-order valence-electron chi connectivity index (χ4n) is 3.35. The summed E-state index contributed by atoms with van der Waals surface area (Å²) in [5, 5.41) is 20.5. The van der Waals surface area contributed by atoms with E-state index in [1.807, 2.05) is 0 Å². The molecule has 2 N–H and O–H groups in total. The second-order valence-electron chi connectivity index (χ2n) is 9.28. The van der Waals surface area contributed by atoms with Gasteiger partial charge in [-0.05, 0) is 40.4 Å². The van der Waals surface area contributed by atoms with Crippen LogP contribution in [0.15, 0.2) is 12.1 Å². The van der Waals surface area contributed by atoms with Crippen molar-refractivity contribution in [2.75, 3.05) is 0 Å². The van der Waals surface area contributed by atoms with Gasteiger partial charge in [-0.1, -0.05) is 53.7 Å². The second-order valence-corrected chi connectivity index (χ2v) is 9.28. The number of rotatable bonds is 3. The highest BCUT2D eigenvalue weighted by atomic mass is 16.5. The number of aliphatic hydroxyl groups excluding tert-OH is 1. The van der Waals surface area contributed by atoms with Crippen molar-refractivity contribution in [2.24, 2.45) is 0 Å². The van der Waals surface area contributed by atoms with E-state index in [1.165, 1.54) is 0 Å². The predicted octanol–water partition coefficient (Wildman–Crippen LogP) is 3.99. The lowest BCUT2D eigenvalue weighted by atomic mass is 9.78. The van der Waals surface area contributed by atoms with Crippen molar-refractivity contribution in [1.82, 2.24) is 0 Å². The molecular formula is C21H32O4. The molecule has 140 valence electrons. The minimum Gasteiger partial charge on any atom is -0.507 e. The maximum atomic E-state index is 11.5. The lowest BCUT2D eigenvalue weighted by Gasteiger charge is -2.29. The topological polar surface area (TPSA) is 66.8 Å². The summed E-state index contributed by atoms with van der Waals surface area (Å²) in [7, 11) is 0. The molecule has 0 amide bonds. The summed E-state index contributed by atoms with van der Waals surface area (Å²) < 4.78 is 5.35. The molecule has 25 heavy (non-hydrogen) atoms. The fraction of sp³-hybridized carbons (Fsp3) is 0.667. The van der Waals surface area contributed by atoms with Gasteiger partial charge in [-0.25, -0.2) is 0 Å². The number of cyclic esters (lactones) is 1. The Hall–Kier alpha value is -1.55. The molecule has 4 nitrogen and oxygen atoms in total. The molecule has 0 aromatic heterocycles. The van der Waals surface area contributed by atoms with Crippen LogP contribution in [0.4, 0.5) is 0 Å². The first-order valence-corrected chi connectivity index (χ1v) is 9.12. The molecule has 1 aromatic rings. The van der Waals surface area contributed by atoms with Crippen molar-refractivity contribution in [3.05, 3.63) is 28.8 Å². The Morgan fingerprint density at radius 1 is 1.08 bits per heavy atom. The van der Waals surface area contributed by atoms with E-state index >= 15 is 0 Å². The quantitative estimate of drug-likeness (QED) is 0.811. The van der Waals surface area contributed by atoms with Crippen LogP contribution < -0.4 is 0 Å². The van der Waals surface area contributed by atoms with E-state index in [-0.39, 0.29) is 29.3 Å². The third-order valence-electron chi connectivity index (χ3n) is 4.78. The monoisotopic (exact) mass is 348 g/mol. The summed E-state index contributed by atoms with van der Waals surface area (Å²) in [5.74, 6) is 0.0588. The number of phenols is 1. The summed E-state index contributed by atoms with van der Waals surface area (Å²) in [6, 6.07) is 4.12. The van der Waals surface area contributed by atoms with E-state index in [0.29, 0.717) is 18.6 Å². The fourth-order valence-corrected chi connectivity index (χ4v) is 3.35. The number of carbonyl (C=O) groups excluding carboxylic acids is 1. The van der Waals surface area contributed by atoms with E-state index < -0.39 is 6.10 Å². The Bertz CT molecular complexity index is 599. The average Bonchev–Trinajstić information content (AvgIpc) is 2.42.